The van der Waals surface area contributed by atoms with Crippen LogP contribution in [-0.4, -0.2) is 18.4 Å². The number of amides is 2. The lowest BCUT2D eigenvalue weighted by molar-refractivity contribution is -0.137. The molecule has 0 bridgehead atoms. The molecule has 1 fully saturated rings. The highest BCUT2D eigenvalue weighted by Gasteiger charge is 2.35. The fraction of sp³-hybridized carbons (Fsp3) is 0.300. The normalized spacial score (nSPS) is 17.3. The molecule has 1 aliphatic heterocycles. The van der Waals surface area contributed by atoms with Gasteiger partial charge in [-0.05, 0) is 36.8 Å². The van der Waals surface area contributed by atoms with E-state index >= 15 is 0 Å². The van der Waals surface area contributed by atoms with Gasteiger partial charge in [-0.1, -0.05) is 29.8 Å². The van der Waals surface area contributed by atoms with E-state index in [2.05, 4.69) is 5.32 Å². The summed E-state index contributed by atoms with van der Waals surface area (Å²) in [4.78, 5) is 26.2. The second kappa shape index (κ2) is 7.42. The molecule has 0 aromatic heterocycles. The van der Waals surface area contributed by atoms with Crippen LogP contribution in [0.1, 0.15) is 23.1 Å². The van der Waals surface area contributed by atoms with Crippen molar-refractivity contribution in [2.75, 3.05) is 11.4 Å². The molecule has 0 unspecified atom stereocenters. The molecule has 1 N–H and O–H groups in total. The van der Waals surface area contributed by atoms with Gasteiger partial charge in [0.1, 0.15) is 0 Å². The van der Waals surface area contributed by atoms with Crippen molar-refractivity contribution >= 4 is 17.5 Å². The minimum Gasteiger partial charge on any atom is -0.352 e. The van der Waals surface area contributed by atoms with E-state index in [1.807, 2.05) is 31.2 Å². The maximum atomic E-state index is 12.8. The molecule has 7 heteroatoms. The zero-order valence-electron chi connectivity index (χ0n) is 14.7. The molecular formula is C20H19F3N2O2. The second-order valence-electron chi connectivity index (χ2n) is 6.66. The van der Waals surface area contributed by atoms with E-state index in [4.69, 9.17) is 0 Å². The summed E-state index contributed by atoms with van der Waals surface area (Å²) in [6, 6.07) is 12.3. The van der Waals surface area contributed by atoms with E-state index in [0.717, 1.165) is 23.4 Å². The molecule has 4 nitrogen and oxygen atoms in total. The predicted molar refractivity (Wildman–Crippen MR) is 94.9 cm³/mol. The topological polar surface area (TPSA) is 49.4 Å². The lowest BCUT2D eigenvalue weighted by Gasteiger charge is -2.17. The molecule has 2 aromatic rings. The van der Waals surface area contributed by atoms with Crippen LogP contribution in [0, 0.1) is 12.8 Å². The summed E-state index contributed by atoms with van der Waals surface area (Å²) in [5, 5.41) is 2.64. The highest BCUT2D eigenvalue weighted by Crippen LogP contribution is 2.29. The molecule has 3 rings (SSSR count). The number of halogens is 3. The van der Waals surface area contributed by atoms with Gasteiger partial charge in [0, 0.05) is 25.2 Å². The summed E-state index contributed by atoms with van der Waals surface area (Å²) in [5.74, 6) is -1.00. The van der Waals surface area contributed by atoms with Gasteiger partial charge < -0.3 is 10.2 Å². The minimum atomic E-state index is -4.42. The first-order chi connectivity index (χ1) is 12.7. The van der Waals surface area contributed by atoms with Crippen LogP contribution < -0.4 is 10.2 Å². The van der Waals surface area contributed by atoms with Crippen molar-refractivity contribution in [3.63, 3.8) is 0 Å². The van der Waals surface area contributed by atoms with Gasteiger partial charge in [-0.3, -0.25) is 9.59 Å². The lowest BCUT2D eigenvalue weighted by Crippen LogP contribution is -2.32. The zero-order chi connectivity index (χ0) is 19.6. The van der Waals surface area contributed by atoms with Crippen molar-refractivity contribution in [3.8, 4) is 0 Å². The van der Waals surface area contributed by atoms with E-state index in [1.165, 1.54) is 12.1 Å². The molecule has 0 spiro atoms. The molecule has 0 radical (unpaired) electrons. The van der Waals surface area contributed by atoms with Crippen molar-refractivity contribution in [3.05, 3.63) is 65.2 Å². The summed E-state index contributed by atoms with van der Waals surface area (Å²) < 4.78 is 38.3. The summed E-state index contributed by atoms with van der Waals surface area (Å²) >= 11 is 0. The van der Waals surface area contributed by atoms with Gasteiger partial charge in [-0.15, -0.1) is 0 Å². The predicted octanol–water partition coefficient (Wildman–Crippen LogP) is 3.68. The first-order valence-electron chi connectivity index (χ1n) is 8.55. The maximum absolute atomic E-state index is 12.8. The number of aryl methyl sites for hydroxylation is 1. The fourth-order valence-corrected chi connectivity index (χ4v) is 3.05. The van der Waals surface area contributed by atoms with Gasteiger partial charge in [-0.2, -0.15) is 13.2 Å². The third-order valence-electron chi connectivity index (χ3n) is 4.56. The number of benzene rings is 2. The number of hydrogen-bond donors (Lipinski definition) is 1. The Balaban J connectivity index is 1.61. The summed E-state index contributed by atoms with van der Waals surface area (Å²) in [6.07, 6.45) is -4.34. The van der Waals surface area contributed by atoms with Crippen LogP contribution in [0.15, 0.2) is 48.5 Å². The number of anilines is 1. The molecule has 27 heavy (non-hydrogen) atoms. The standard InChI is InChI=1S/C20H19F3N2O2/c1-13-5-7-17(8-6-13)25-12-15(10-18(25)26)19(27)24-11-14-3-2-4-16(9-14)20(21,22)23/h2-9,15H,10-12H2,1H3,(H,24,27)/t15-/m1/s1. The van der Waals surface area contributed by atoms with E-state index < -0.39 is 17.7 Å². The van der Waals surface area contributed by atoms with Gasteiger partial charge in [-0.25, -0.2) is 0 Å². The monoisotopic (exact) mass is 376 g/mol. The van der Waals surface area contributed by atoms with Crippen LogP contribution in [0.3, 0.4) is 0 Å². The molecule has 1 saturated heterocycles. The Morgan fingerprint density at radius 1 is 1.19 bits per heavy atom. The van der Waals surface area contributed by atoms with Gasteiger partial charge in [0.15, 0.2) is 0 Å². The van der Waals surface area contributed by atoms with Crippen LogP contribution >= 0.6 is 0 Å². The largest absolute Gasteiger partial charge is 0.416 e. The van der Waals surface area contributed by atoms with Crippen molar-refractivity contribution < 1.29 is 22.8 Å². The summed E-state index contributed by atoms with van der Waals surface area (Å²) in [5.41, 5.74) is 1.41. The second-order valence-corrected chi connectivity index (χ2v) is 6.66. The fourth-order valence-electron chi connectivity index (χ4n) is 3.05. The molecule has 2 amide bonds. The number of carbonyl (C=O) groups is 2. The van der Waals surface area contributed by atoms with Crippen LogP contribution in [-0.2, 0) is 22.3 Å². The lowest BCUT2D eigenvalue weighted by atomic mass is 10.1. The highest BCUT2D eigenvalue weighted by atomic mass is 19.4. The van der Waals surface area contributed by atoms with E-state index in [0.29, 0.717) is 5.56 Å². The van der Waals surface area contributed by atoms with Crippen molar-refractivity contribution in [1.29, 1.82) is 0 Å². The van der Waals surface area contributed by atoms with Crippen LogP contribution in [0.25, 0.3) is 0 Å². The van der Waals surface area contributed by atoms with E-state index in [-0.39, 0.29) is 31.3 Å². The molecule has 142 valence electrons. The molecular weight excluding hydrogens is 357 g/mol. The highest BCUT2D eigenvalue weighted by molar-refractivity contribution is 6.00. The Kier molecular flexibility index (Phi) is 5.21. The van der Waals surface area contributed by atoms with Gasteiger partial charge in [0.2, 0.25) is 11.8 Å². The molecule has 2 aromatic carbocycles. The number of nitrogens with one attached hydrogen (secondary N) is 1. The van der Waals surface area contributed by atoms with Crippen molar-refractivity contribution in [1.82, 2.24) is 5.32 Å². The number of hydrogen-bond acceptors (Lipinski definition) is 2. The quantitative estimate of drug-likeness (QED) is 0.885. The molecule has 0 aliphatic carbocycles. The Morgan fingerprint density at radius 3 is 2.56 bits per heavy atom. The van der Waals surface area contributed by atoms with Crippen molar-refractivity contribution in [2.45, 2.75) is 26.1 Å². The number of nitrogens with zero attached hydrogens (tertiary/aromatic N) is 1. The molecule has 0 saturated carbocycles. The average molecular weight is 376 g/mol. The van der Waals surface area contributed by atoms with Gasteiger partial charge in [0.05, 0.1) is 11.5 Å². The van der Waals surface area contributed by atoms with E-state index in [9.17, 15) is 22.8 Å². The smallest absolute Gasteiger partial charge is 0.352 e. The first kappa shape index (κ1) is 18.9. The first-order valence-corrected chi connectivity index (χ1v) is 8.55. The van der Waals surface area contributed by atoms with Crippen molar-refractivity contribution in [2.24, 2.45) is 5.92 Å². The Hall–Kier alpha value is -2.83. The third-order valence-corrected chi connectivity index (χ3v) is 4.56. The Bertz CT molecular complexity index is 847. The summed E-state index contributed by atoms with van der Waals surface area (Å²) in [6.45, 7) is 2.19. The molecule has 1 heterocycles. The Morgan fingerprint density at radius 2 is 1.89 bits per heavy atom. The van der Waals surface area contributed by atoms with Gasteiger partial charge >= 0.3 is 6.18 Å². The minimum absolute atomic E-state index is 0.0159. The maximum Gasteiger partial charge on any atom is 0.416 e. The van der Waals surface area contributed by atoms with Crippen LogP contribution in [0.5, 0.6) is 0 Å². The zero-order valence-corrected chi connectivity index (χ0v) is 14.7. The number of carbonyl (C=O) groups excluding carboxylic acids is 2. The SMILES string of the molecule is Cc1ccc(N2C[C@H](C(=O)NCc3cccc(C(F)(F)F)c3)CC2=O)cc1. The number of rotatable bonds is 4. The van der Waals surface area contributed by atoms with E-state index in [1.54, 1.807) is 4.90 Å². The van der Waals surface area contributed by atoms with Gasteiger partial charge in [0.25, 0.3) is 0 Å². The van der Waals surface area contributed by atoms with Crippen LogP contribution in [0.2, 0.25) is 0 Å². The molecule has 1 aliphatic rings. The summed E-state index contributed by atoms with van der Waals surface area (Å²) in [7, 11) is 0. The third kappa shape index (κ3) is 4.48. The average Bonchev–Trinajstić information content (AvgIpc) is 3.02. The van der Waals surface area contributed by atoms with Crippen LogP contribution in [0.4, 0.5) is 18.9 Å². The molecule has 1 atom stereocenters. The Labute approximate surface area is 155 Å². The number of alkyl halides is 3.